The number of hydrogen-bond donors (Lipinski definition) is 2. The summed E-state index contributed by atoms with van der Waals surface area (Å²) in [4.78, 5) is 22.8. The van der Waals surface area contributed by atoms with Crippen LogP contribution in [0.2, 0.25) is 0 Å². The van der Waals surface area contributed by atoms with E-state index in [9.17, 15) is 22.8 Å². The Labute approximate surface area is 147 Å². The van der Waals surface area contributed by atoms with Crippen LogP contribution in [-0.4, -0.2) is 33.3 Å². The highest BCUT2D eigenvalue weighted by Crippen LogP contribution is 2.33. The normalized spacial score (nSPS) is 12.7. The van der Waals surface area contributed by atoms with Crippen LogP contribution >= 0.6 is 0 Å². The average Bonchev–Trinajstić information content (AvgIpc) is 2.98. The first-order valence-corrected chi connectivity index (χ1v) is 7.82. The van der Waals surface area contributed by atoms with Gasteiger partial charge in [-0.3, -0.25) is 9.59 Å². The second-order valence-electron chi connectivity index (χ2n) is 6.07. The third kappa shape index (κ3) is 4.62. The summed E-state index contributed by atoms with van der Waals surface area (Å²) < 4.78 is 41.2. The van der Waals surface area contributed by atoms with Crippen LogP contribution in [0.25, 0.3) is 5.69 Å². The number of benzene rings is 1. The standard InChI is InChI=1S/C17H18F3N3O3/c1-10-3-5-12(6-4-10)23-15(17(18,19)20)13(9-22-23)16(26)21-8-11(2)7-14(24)25/h3-6,9,11H,7-8H2,1-2H3,(H,21,26)(H,24,25). The van der Waals surface area contributed by atoms with Crippen molar-refractivity contribution in [1.29, 1.82) is 0 Å². The van der Waals surface area contributed by atoms with Crippen LogP contribution in [0.3, 0.4) is 0 Å². The minimum absolute atomic E-state index is 0.0574. The molecular formula is C17H18F3N3O3. The number of carbonyl (C=O) groups is 2. The maximum atomic E-state index is 13.5. The summed E-state index contributed by atoms with van der Waals surface area (Å²) in [5.74, 6) is -2.42. The number of carbonyl (C=O) groups excluding carboxylic acids is 1. The van der Waals surface area contributed by atoms with Gasteiger partial charge >= 0.3 is 12.1 Å². The fraction of sp³-hybridized carbons (Fsp3) is 0.353. The molecule has 0 aliphatic rings. The summed E-state index contributed by atoms with van der Waals surface area (Å²) >= 11 is 0. The second kappa shape index (κ2) is 7.59. The third-order valence-corrected chi connectivity index (χ3v) is 3.70. The van der Waals surface area contributed by atoms with Crippen molar-refractivity contribution in [3.05, 3.63) is 47.3 Å². The molecule has 0 aliphatic carbocycles. The smallest absolute Gasteiger partial charge is 0.434 e. The third-order valence-electron chi connectivity index (χ3n) is 3.70. The summed E-state index contributed by atoms with van der Waals surface area (Å²) in [5.41, 5.74) is -0.730. The van der Waals surface area contributed by atoms with E-state index in [2.05, 4.69) is 10.4 Å². The van der Waals surface area contributed by atoms with Crippen molar-refractivity contribution in [2.24, 2.45) is 5.92 Å². The lowest BCUT2D eigenvalue weighted by molar-refractivity contribution is -0.143. The monoisotopic (exact) mass is 369 g/mol. The highest BCUT2D eigenvalue weighted by Gasteiger charge is 2.40. The molecule has 26 heavy (non-hydrogen) atoms. The largest absolute Gasteiger partial charge is 0.481 e. The summed E-state index contributed by atoms with van der Waals surface area (Å²) in [6.45, 7) is 3.32. The molecule has 0 aliphatic heterocycles. The van der Waals surface area contributed by atoms with E-state index in [-0.39, 0.29) is 18.7 Å². The van der Waals surface area contributed by atoms with Gasteiger partial charge in [-0.25, -0.2) is 4.68 Å². The first kappa shape index (κ1) is 19.5. The summed E-state index contributed by atoms with van der Waals surface area (Å²) in [6.07, 6.45) is -4.13. The van der Waals surface area contributed by atoms with Gasteiger partial charge in [0.2, 0.25) is 0 Å². The van der Waals surface area contributed by atoms with Crippen molar-refractivity contribution in [1.82, 2.24) is 15.1 Å². The van der Waals surface area contributed by atoms with Crippen LogP contribution in [0.4, 0.5) is 13.2 Å². The van der Waals surface area contributed by atoms with E-state index < -0.39 is 35.2 Å². The molecule has 1 atom stereocenters. The number of halogens is 3. The molecular weight excluding hydrogens is 351 g/mol. The number of alkyl halides is 3. The molecule has 0 saturated carbocycles. The minimum atomic E-state index is -4.79. The van der Waals surface area contributed by atoms with Gasteiger partial charge in [-0.1, -0.05) is 24.6 Å². The molecule has 1 aromatic heterocycles. The molecule has 1 aromatic carbocycles. The Kier molecular flexibility index (Phi) is 5.69. The van der Waals surface area contributed by atoms with Gasteiger partial charge in [-0.05, 0) is 25.0 Å². The lowest BCUT2D eigenvalue weighted by Crippen LogP contribution is -2.31. The Bertz CT molecular complexity index is 798. The van der Waals surface area contributed by atoms with Crippen molar-refractivity contribution in [2.45, 2.75) is 26.4 Å². The minimum Gasteiger partial charge on any atom is -0.481 e. The molecule has 0 saturated heterocycles. The summed E-state index contributed by atoms with van der Waals surface area (Å²) in [5, 5.41) is 14.7. The lowest BCUT2D eigenvalue weighted by Gasteiger charge is -2.14. The van der Waals surface area contributed by atoms with E-state index in [0.717, 1.165) is 11.8 Å². The molecule has 6 nitrogen and oxygen atoms in total. The quantitative estimate of drug-likeness (QED) is 0.820. The van der Waals surface area contributed by atoms with Crippen LogP contribution in [0, 0.1) is 12.8 Å². The van der Waals surface area contributed by atoms with Gasteiger partial charge in [0.25, 0.3) is 5.91 Å². The Hall–Kier alpha value is -2.84. The fourth-order valence-electron chi connectivity index (χ4n) is 2.40. The summed E-state index contributed by atoms with van der Waals surface area (Å²) in [7, 11) is 0. The topological polar surface area (TPSA) is 84.2 Å². The first-order valence-electron chi connectivity index (χ1n) is 7.82. The molecule has 2 aromatic rings. The highest BCUT2D eigenvalue weighted by molar-refractivity contribution is 5.95. The number of hydrogen-bond acceptors (Lipinski definition) is 3. The lowest BCUT2D eigenvalue weighted by atomic mass is 10.1. The molecule has 1 heterocycles. The predicted octanol–water partition coefficient (Wildman–Crippen LogP) is 3.04. The Morgan fingerprint density at radius 3 is 2.42 bits per heavy atom. The molecule has 2 N–H and O–H groups in total. The zero-order chi connectivity index (χ0) is 19.5. The van der Waals surface area contributed by atoms with Crippen molar-refractivity contribution in [3.8, 4) is 5.69 Å². The van der Waals surface area contributed by atoms with Gasteiger partial charge in [0, 0.05) is 13.0 Å². The number of nitrogens with one attached hydrogen (secondary N) is 1. The van der Waals surface area contributed by atoms with Crippen LogP contribution in [0.15, 0.2) is 30.5 Å². The first-order chi connectivity index (χ1) is 12.1. The van der Waals surface area contributed by atoms with Gasteiger partial charge in [0.05, 0.1) is 17.4 Å². The number of aromatic nitrogens is 2. The van der Waals surface area contributed by atoms with Crippen molar-refractivity contribution < 1.29 is 27.9 Å². The number of carboxylic acids is 1. The predicted molar refractivity (Wildman–Crippen MR) is 87.1 cm³/mol. The number of aryl methyl sites for hydroxylation is 1. The molecule has 9 heteroatoms. The highest BCUT2D eigenvalue weighted by atomic mass is 19.4. The molecule has 140 valence electrons. The molecule has 0 spiro atoms. The number of carboxylic acid groups (broad SMARTS) is 1. The summed E-state index contributed by atoms with van der Waals surface area (Å²) in [6, 6.07) is 6.25. The number of rotatable bonds is 6. The van der Waals surface area contributed by atoms with Gasteiger partial charge in [0.15, 0.2) is 5.69 Å². The van der Waals surface area contributed by atoms with Crippen LogP contribution < -0.4 is 5.32 Å². The molecule has 1 amide bonds. The van der Waals surface area contributed by atoms with Crippen molar-refractivity contribution in [2.75, 3.05) is 6.54 Å². The zero-order valence-corrected chi connectivity index (χ0v) is 14.2. The van der Waals surface area contributed by atoms with Crippen LogP contribution in [-0.2, 0) is 11.0 Å². The Balaban J connectivity index is 2.30. The maximum Gasteiger partial charge on any atom is 0.434 e. The zero-order valence-electron chi connectivity index (χ0n) is 14.2. The molecule has 0 bridgehead atoms. The van der Waals surface area contributed by atoms with Gasteiger partial charge in [-0.2, -0.15) is 18.3 Å². The second-order valence-corrected chi connectivity index (χ2v) is 6.07. The molecule has 2 rings (SSSR count). The van der Waals surface area contributed by atoms with E-state index >= 15 is 0 Å². The molecule has 0 radical (unpaired) electrons. The average molecular weight is 369 g/mol. The van der Waals surface area contributed by atoms with E-state index in [0.29, 0.717) is 4.68 Å². The van der Waals surface area contributed by atoms with Gasteiger partial charge in [-0.15, -0.1) is 0 Å². The van der Waals surface area contributed by atoms with Gasteiger partial charge < -0.3 is 10.4 Å². The molecule has 0 fully saturated rings. The number of amides is 1. The Morgan fingerprint density at radius 2 is 1.88 bits per heavy atom. The number of nitrogens with zero attached hydrogens (tertiary/aromatic N) is 2. The van der Waals surface area contributed by atoms with E-state index in [1.807, 2.05) is 0 Å². The van der Waals surface area contributed by atoms with E-state index in [4.69, 9.17) is 5.11 Å². The SMILES string of the molecule is Cc1ccc(-n2ncc(C(=O)NCC(C)CC(=O)O)c2C(F)(F)F)cc1. The van der Waals surface area contributed by atoms with Crippen LogP contribution in [0.5, 0.6) is 0 Å². The number of aliphatic carboxylic acids is 1. The van der Waals surface area contributed by atoms with Crippen molar-refractivity contribution in [3.63, 3.8) is 0 Å². The fourth-order valence-corrected chi connectivity index (χ4v) is 2.40. The molecule has 1 unspecified atom stereocenters. The maximum absolute atomic E-state index is 13.5. The van der Waals surface area contributed by atoms with E-state index in [1.165, 1.54) is 12.1 Å². The van der Waals surface area contributed by atoms with Crippen molar-refractivity contribution >= 4 is 11.9 Å². The van der Waals surface area contributed by atoms with Gasteiger partial charge in [0.1, 0.15) is 0 Å². The van der Waals surface area contributed by atoms with E-state index in [1.54, 1.807) is 26.0 Å². The Morgan fingerprint density at radius 1 is 1.27 bits per heavy atom. The van der Waals surface area contributed by atoms with Crippen LogP contribution in [0.1, 0.15) is 35.0 Å².